The Morgan fingerprint density at radius 1 is 1.12 bits per heavy atom. The molecule has 5 heteroatoms. The van der Waals surface area contributed by atoms with Crippen LogP contribution in [-0.4, -0.2) is 41.0 Å². The second-order valence-electron chi connectivity index (χ2n) is 7.11. The van der Waals surface area contributed by atoms with E-state index in [1.807, 2.05) is 18.2 Å². The van der Waals surface area contributed by atoms with Crippen molar-refractivity contribution in [2.24, 2.45) is 11.8 Å². The van der Waals surface area contributed by atoms with Crippen LogP contribution in [0.15, 0.2) is 30.3 Å². The Kier molecular flexibility index (Phi) is 5.51. The number of carbonyl (C=O) groups is 2. The lowest BCUT2D eigenvalue weighted by molar-refractivity contribution is -0.143. The van der Waals surface area contributed by atoms with Gasteiger partial charge in [0.05, 0.1) is 0 Å². The zero-order chi connectivity index (χ0) is 16.9. The molecule has 3 rings (SSSR count). The largest absolute Gasteiger partial charge is 0.480 e. The predicted octanol–water partition coefficient (Wildman–Crippen LogP) is 2.27. The molecule has 1 atom stereocenters. The average Bonchev–Trinajstić information content (AvgIpc) is 3.40. The summed E-state index contributed by atoms with van der Waals surface area (Å²) in [7, 11) is 0. The summed E-state index contributed by atoms with van der Waals surface area (Å²) in [6.45, 7) is 2.68. The fourth-order valence-electron chi connectivity index (χ4n) is 3.39. The van der Waals surface area contributed by atoms with Gasteiger partial charge in [-0.2, -0.15) is 0 Å². The molecule has 2 N–H and O–H groups in total. The number of carboxylic acids is 1. The van der Waals surface area contributed by atoms with Crippen LogP contribution in [0.1, 0.15) is 37.7 Å². The number of aliphatic carboxylic acids is 1. The molecule has 2 aliphatic rings. The van der Waals surface area contributed by atoms with Crippen molar-refractivity contribution in [2.45, 2.75) is 44.7 Å². The van der Waals surface area contributed by atoms with Gasteiger partial charge in [0.25, 0.3) is 0 Å². The van der Waals surface area contributed by atoms with Crippen LogP contribution in [-0.2, 0) is 16.1 Å². The zero-order valence-corrected chi connectivity index (χ0v) is 14.0. The third-order valence-electron chi connectivity index (χ3n) is 5.09. The molecule has 0 bridgehead atoms. The number of benzene rings is 1. The number of carbonyl (C=O) groups excluding carboxylic acids is 1. The molecule has 1 aliphatic heterocycles. The molecule has 1 unspecified atom stereocenters. The molecule has 0 radical (unpaired) electrons. The van der Waals surface area contributed by atoms with E-state index in [4.69, 9.17) is 0 Å². The minimum atomic E-state index is -0.906. The summed E-state index contributed by atoms with van der Waals surface area (Å²) in [6, 6.07) is 9.62. The number of likely N-dealkylation sites (tertiary alicyclic amines) is 1. The molecular weight excluding hydrogens is 304 g/mol. The summed E-state index contributed by atoms with van der Waals surface area (Å²) in [6.07, 6.45) is 4.37. The Morgan fingerprint density at radius 2 is 1.79 bits per heavy atom. The lowest BCUT2D eigenvalue weighted by atomic mass is 9.95. The van der Waals surface area contributed by atoms with Gasteiger partial charge in [0.1, 0.15) is 6.04 Å². The third kappa shape index (κ3) is 4.81. The first-order valence-electron chi connectivity index (χ1n) is 8.91. The second kappa shape index (κ2) is 7.79. The first-order chi connectivity index (χ1) is 11.6. The maximum absolute atomic E-state index is 12.4. The first-order valence-corrected chi connectivity index (χ1v) is 8.91. The Hall–Kier alpha value is -1.88. The minimum Gasteiger partial charge on any atom is -0.480 e. The summed E-state index contributed by atoms with van der Waals surface area (Å²) < 4.78 is 0. The highest BCUT2D eigenvalue weighted by Crippen LogP contribution is 2.33. The Morgan fingerprint density at radius 3 is 2.38 bits per heavy atom. The van der Waals surface area contributed by atoms with Gasteiger partial charge in [-0.15, -0.1) is 0 Å². The quantitative estimate of drug-likeness (QED) is 0.805. The van der Waals surface area contributed by atoms with Gasteiger partial charge in [0.2, 0.25) is 5.91 Å². The van der Waals surface area contributed by atoms with Gasteiger partial charge in [-0.3, -0.25) is 9.69 Å². The van der Waals surface area contributed by atoms with Gasteiger partial charge in [-0.1, -0.05) is 43.2 Å². The van der Waals surface area contributed by atoms with Crippen LogP contribution in [0, 0.1) is 11.8 Å². The van der Waals surface area contributed by atoms with Crippen molar-refractivity contribution in [3.63, 3.8) is 0 Å². The molecule has 1 saturated carbocycles. The van der Waals surface area contributed by atoms with E-state index in [1.165, 1.54) is 5.56 Å². The van der Waals surface area contributed by atoms with E-state index >= 15 is 0 Å². The normalized spacial score (nSPS) is 20.5. The average molecular weight is 330 g/mol. The summed E-state index contributed by atoms with van der Waals surface area (Å²) in [5, 5.41) is 12.0. The van der Waals surface area contributed by atoms with Crippen molar-refractivity contribution >= 4 is 11.9 Å². The standard InChI is InChI=1S/C19H26N2O3/c22-18(20-17(19(23)24)12-14-6-7-14)16-8-10-21(11-9-16)13-15-4-2-1-3-5-15/h1-5,14,16-17H,6-13H2,(H,20,22)(H,23,24). The number of rotatable bonds is 7. The van der Waals surface area contributed by atoms with E-state index in [2.05, 4.69) is 22.3 Å². The fourth-order valence-corrected chi connectivity index (χ4v) is 3.39. The molecule has 1 aromatic rings. The van der Waals surface area contributed by atoms with Crippen LogP contribution in [0.2, 0.25) is 0 Å². The predicted molar refractivity (Wildman–Crippen MR) is 91.4 cm³/mol. The highest BCUT2D eigenvalue weighted by Gasteiger charge is 2.32. The van der Waals surface area contributed by atoms with E-state index in [0.29, 0.717) is 12.3 Å². The van der Waals surface area contributed by atoms with Crippen LogP contribution >= 0.6 is 0 Å². The van der Waals surface area contributed by atoms with Gasteiger partial charge in [-0.25, -0.2) is 4.79 Å². The van der Waals surface area contributed by atoms with Crippen LogP contribution in [0.5, 0.6) is 0 Å². The zero-order valence-electron chi connectivity index (χ0n) is 14.0. The summed E-state index contributed by atoms with van der Waals surface area (Å²) in [4.78, 5) is 26.1. The van der Waals surface area contributed by atoms with Crippen LogP contribution in [0.25, 0.3) is 0 Å². The monoisotopic (exact) mass is 330 g/mol. The van der Waals surface area contributed by atoms with Crippen molar-refractivity contribution in [1.29, 1.82) is 0 Å². The van der Waals surface area contributed by atoms with Crippen LogP contribution in [0.4, 0.5) is 0 Å². The summed E-state index contributed by atoms with van der Waals surface area (Å²) >= 11 is 0. The first kappa shape index (κ1) is 17.0. The topological polar surface area (TPSA) is 69.6 Å². The maximum Gasteiger partial charge on any atom is 0.326 e. The van der Waals surface area contributed by atoms with Crippen molar-refractivity contribution in [3.8, 4) is 0 Å². The Labute approximate surface area is 143 Å². The number of hydrogen-bond acceptors (Lipinski definition) is 3. The molecular formula is C19H26N2O3. The molecule has 1 aromatic carbocycles. The van der Waals surface area contributed by atoms with Gasteiger partial charge in [-0.05, 0) is 43.8 Å². The molecule has 2 fully saturated rings. The summed E-state index contributed by atoms with van der Waals surface area (Å²) in [5.74, 6) is -0.559. The molecule has 0 spiro atoms. The maximum atomic E-state index is 12.4. The lowest BCUT2D eigenvalue weighted by Gasteiger charge is -2.31. The number of carboxylic acid groups (broad SMARTS) is 1. The number of nitrogens with zero attached hydrogens (tertiary/aromatic N) is 1. The lowest BCUT2D eigenvalue weighted by Crippen LogP contribution is -2.46. The van der Waals surface area contributed by atoms with Gasteiger partial charge in [0.15, 0.2) is 0 Å². The molecule has 5 nitrogen and oxygen atoms in total. The Bertz CT molecular complexity index is 563. The smallest absolute Gasteiger partial charge is 0.326 e. The third-order valence-corrected chi connectivity index (χ3v) is 5.09. The van der Waals surface area contributed by atoms with Crippen LogP contribution in [0.3, 0.4) is 0 Å². The molecule has 1 aliphatic carbocycles. The molecule has 130 valence electrons. The molecule has 0 aromatic heterocycles. The van der Waals surface area contributed by atoms with Crippen molar-refractivity contribution in [1.82, 2.24) is 10.2 Å². The summed E-state index contributed by atoms with van der Waals surface area (Å²) in [5.41, 5.74) is 1.29. The molecule has 1 heterocycles. The Balaban J connectivity index is 1.45. The highest BCUT2D eigenvalue weighted by molar-refractivity contribution is 5.85. The van der Waals surface area contributed by atoms with E-state index in [9.17, 15) is 14.7 Å². The van der Waals surface area contributed by atoms with E-state index in [-0.39, 0.29) is 11.8 Å². The van der Waals surface area contributed by atoms with Crippen molar-refractivity contribution in [2.75, 3.05) is 13.1 Å². The van der Waals surface area contributed by atoms with Gasteiger partial charge < -0.3 is 10.4 Å². The number of piperidine rings is 1. The van der Waals surface area contributed by atoms with Gasteiger partial charge >= 0.3 is 5.97 Å². The van der Waals surface area contributed by atoms with E-state index in [1.54, 1.807) is 0 Å². The molecule has 1 saturated heterocycles. The van der Waals surface area contributed by atoms with E-state index in [0.717, 1.165) is 45.3 Å². The number of amides is 1. The second-order valence-corrected chi connectivity index (χ2v) is 7.11. The molecule has 24 heavy (non-hydrogen) atoms. The van der Waals surface area contributed by atoms with Crippen LogP contribution < -0.4 is 5.32 Å². The SMILES string of the molecule is O=C(NC(CC1CC1)C(=O)O)C1CCN(Cc2ccccc2)CC1. The van der Waals surface area contributed by atoms with Crippen molar-refractivity contribution < 1.29 is 14.7 Å². The van der Waals surface area contributed by atoms with Crippen molar-refractivity contribution in [3.05, 3.63) is 35.9 Å². The fraction of sp³-hybridized carbons (Fsp3) is 0.579. The number of hydrogen-bond donors (Lipinski definition) is 2. The highest BCUT2D eigenvalue weighted by atomic mass is 16.4. The molecule has 1 amide bonds. The minimum absolute atomic E-state index is 0.0573. The van der Waals surface area contributed by atoms with Gasteiger partial charge in [0, 0.05) is 12.5 Å². The van der Waals surface area contributed by atoms with E-state index < -0.39 is 12.0 Å². The number of nitrogens with one attached hydrogen (secondary N) is 1.